The van der Waals surface area contributed by atoms with Gasteiger partial charge in [-0.2, -0.15) is 5.26 Å². The molecule has 0 bridgehead atoms. The highest BCUT2D eigenvalue weighted by molar-refractivity contribution is 7.09. The second-order valence-corrected chi connectivity index (χ2v) is 5.53. The number of aromatic nitrogens is 1. The van der Waals surface area contributed by atoms with Crippen LogP contribution < -0.4 is 0 Å². The van der Waals surface area contributed by atoms with Crippen LogP contribution in [-0.2, 0) is 11.8 Å². The van der Waals surface area contributed by atoms with Gasteiger partial charge < -0.3 is 5.11 Å². The first-order valence-electron chi connectivity index (χ1n) is 4.92. The maximum absolute atomic E-state index is 8.91. The summed E-state index contributed by atoms with van der Waals surface area (Å²) in [4.78, 5) is 4.47. The highest BCUT2D eigenvalue weighted by Crippen LogP contribution is 2.24. The second-order valence-electron chi connectivity index (χ2n) is 4.59. The fourth-order valence-corrected chi connectivity index (χ4v) is 2.21. The molecule has 0 radical (unpaired) electrons. The summed E-state index contributed by atoms with van der Waals surface area (Å²) < 4.78 is 0. The van der Waals surface area contributed by atoms with Crippen LogP contribution in [0.1, 0.15) is 31.5 Å². The lowest BCUT2D eigenvalue weighted by Gasteiger charge is -2.14. The van der Waals surface area contributed by atoms with E-state index in [1.165, 1.54) is 0 Å². The predicted molar refractivity (Wildman–Crippen MR) is 60.7 cm³/mol. The van der Waals surface area contributed by atoms with E-state index in [0.717, 1.165) is 10.7 Å². The molecule has 0 spiro atoms. The minimum absolute atomic E-state index is 0.0517. The van der Waals surface area contributed by atoms with Gasteiger partial charge in [0.15, 0.2) is 0 Å². The zero-order valence-corrected chi connectivity index (χ0v) is 10.1. The number of nitrogens with zero attached hydrogens (tertiary/aromatic N) is 2. The van der Waals surface area contributed by atoms with E-state index in [1.54, 1.807) is 11.3 Å². The summed E-state index contributed by atoms with van der Waals surface area (Å²) in [6, 6.07) is 2.06. The van der Waals surface area contributed by atoms with E-state index < -0.39 is 0 Å². The first kappa shape index (κ1) is 12.2. The summed E-state index contributed by atoms with van der Waals surface area (Å²) in [6.45, 7) is 6.24. The molecule has 4 heteroatoms. The fourth-order valence-electron chi connectivity index (χ4n) is 1.11. The largest absolute Gasteiger partial charge is 0.395 e. The van der Waals surface area contributed by atoms with Crippen molar-refractivity contribution >= 4 is 11.3 Å². The molecular weight excluding hydrogens is 208 g/mol. The quantitative estimate of drug-likeness (QED) is 0.855. The van der Waals surface area contributed by atoms with Crippen molar-refractivity contribution in [3.8, 4) is 6.07 Å². The summed E-state index contributed by atoms with van der Waals surface area (Å²) in [5.41, 5.74) is 1.10. The van der Waals surface area contributed by atoms with Gasteiger partial charge >= 0.3 is 0 Å². The van der Waals surface area contributed by atoms with E-state index in [1.807, 2.05) is 5.38 Å². The minimum Gasteiger partial charge on any atom is -0.395 e. The molecule has 1 N–H and O–H groups in total. The maximum Gasteiger partial charge on any atom is 0.0942 e. The lowest BCUT2D eigenvalue weighted by Crippen LogP contribution is -2.12. The van der Waals surface area contributed by atoms with Crippen molar-refractivity contribution in [2.45, 2.75) is 32.6 Å². The van der Waals surface area contributed by atoms with Crippen LogP contribution in [0.4, 0.5) is 0 Å². The normalized spacial score (nSPS) is 13.5. The zero-order valence-electron chi connectivity index (χ0n) is 9.32. The molecule has 1 atom stereocenters. The summed E-state index contributed by atoms with van der Waals surface area (Å²) in [7, 11) is 0. The van der Waals surface area contributed by atoms with Gasteiger partial charge in [-0.25, -0.2) is 4.98 Å². The van der Waals surface area contributed by atoms with Crippen molar-refractivity contribution < 1.29 is 5.11 Å². The highest BCUT2D eigenvalue weighted by Gasteiger charge is 2.18. The third-order valence-corrected chi connectivity index (χ3v) is 3.02. The second kappa shape index (κ2) is 4.73. The van der Waals surface area contributed by atoms with Gasteiger partial charge in [-0.3, -0.25) is 0 Å². The Morgan fingerprint density at radius 2 is 2.27 bits per heavy atom. The van der Waals surface area contributed by atoms with Crippen LogP contribution in [0.3, 0.4) is 0 Å². The molecule has 0 aliphatic heterocycles. The third kappa shape index (κ3) is 3.29. The Bertz CT molecular complexity index is 359. The van der Waals surface area contributed by atoms with Gasteiger partial charge in [-0.15, -0.1) is 11.3 Å². The van der Waals surface area contributed by atoms with Crippen molar-refractivity contribution in [3.05, 3.63) is 16.1 Å². The summed E-state index contributed by atoms with van der Waals surface area (Å²) in [5.74, 6) is -0.330. The maximum atomic E-state index is 8.91. The van der Waals surface area contributed by atoms with Gasteiger partial charge in [0.25, 0.3) is 0 Å². The fraction of sp³-hybridized carbons (Fsp3) is 0.636. The molecular formula is C11H16N2OS. The molecule has 15 heavy (non-hydrogen) atoms. The Morgan fingerprint density at radius 3 is 2.67 bits per heavy atom. The molecule has 0 aliphatic rings. The first-order valence-corrected chi connectivity index (χ1v) is 5.80. The topological polar surface area (TPSA) is 56.9 Å². The average Bonchev–Trinajstić information content (AvgIpc) is 2.61. The molecule has 82 valence electrons. The number of hydrogen-bond acceptors (Lipinski definition) is 4. The van der Waals surface area contributed by atoms with Crippen molar-refractivity contribution in [1.29, 1.82) is 5.26 Å². The van der Waals surface area contributed by atoms with Crippen LogP contribution in [0.2, 0.25) is 0 Å². The van der Waals surface area contributed by atoms with Crippen molar-refractivity contribution in [2.75, 3.05) is 6.61 Å². The molecule has 3 nitrogen and oxygen atoms in total. The predicted octanol–water partition coefficient (Wildman–Crippen LogP) is 2.12. The van der Waals surface area contributed by atoms with Crippen LogP contribution in [0.5, 0.6) is 0 Å². The van der Waals surface area contributed by atoms with E-state index in [2.05, 4.69) is 31.8 Å². The smallest absolute Gasteiger partial charge is 0.0942 e. The summed E-state index contributed by atoms with van der Waals surface area (Å²) in [6.07, 6.45) is 0.549. The number of aliphatic hydroxyl groups excluding tert-OH is 1. The van der Waals surface area contributed by atoms with Gasteiger partial charge in [-0.05, 0) is 0 Å². The van der Waals surface area contributed by atoms with Gasteiger partial charge in [0.05, 0.1) is 29.3 Å². The standard InChI is InChI=1S/C11H16N2OS/c1-11(2,3)9-7-15-10(13-9)4-8(5-12)6-14/h7-8,14H,4,6H2,1-3H3. The average molecular weight is 224 g/mol. The summed E-state index contributed by atoms with van der Waals surface area (Å²) >= 11 is 1.56. The number of thiazole rings is 1. The molecule has 0 amide bonds. The molecule has 1 aromatic heterocycles. The molecule has 1 unspecified atom stereocenters. The van der Waals surface area contributed by atoms with Crippen LogP contribution in [0.25, 0.3) is 0 Å². The zero-order chi connectivity index (χ0) is 11.5. The summed E-state index contributed by atoms with van der Waals surface area (Å²) in [5, 5.41) is 20.6. The van der Waals surface area contributed by atoms with E-state index in [-0.39, 0.29) is 17.9 Å². The monoisotopic (exact) mass is 224 g/mol. The number of nitriles is 1. The highest BCUT2D eigenvalue weighted by atomic mass is 32.1. The molecule has 0 aromatic carbocycles. The number of aliphatic hydroxyl groups is 1. The number of hydrogen-bond donors (Lipinski definition) is 1. The van der Waals surface area contributed by atoms with Crippen molar-refractivity contribution in [2.24, 2.45) is 5.92 Å². The Hall–Kier alpha value is -0.920. The SMILES string of the molecule is CC(C)(C)c1csc(CC(C#N)CO)n1. The molecule has 1 heterocycles. The van der Waals surface area contributed by atoms with E-state index in [0.29, 0.717) is 6.42 Å². The van der Waals surface area contributed by atoms with Crippen molar-refractivity contribution in [3.63, 3.8) is 0 Å². The molecule has 0 aliphatic carbocycles. The Balaban J connectivity index is 2.74. The van der Waals surface area contributed by atoms with E-state index in [9.17, 15) is 0 Å². The third-order valence-electron chi connectivity index (χ3n) is 2.14. The molecule has 0 saturated heterocycles. The van der Waals surface area contributed by atoms with E-state index >= 15 is 0 Å². The lowest BCUT2D eigenvalue weighted by molar-refractivity contribution is 0.255. The van der Waals surface area contributed by atoms with Crippen molar-refractivity contribution in [1.82, 2.24) is 4.98 Å². The van der Waals surface area contributed by atoms with Gasteiger partial charge in [0, 0.05) is 17.2 Å². The molecule has 0 fully saturated rings. The van der Waals surface area contributed by atoms with Crippen LogP contribution in [-0.4, -0.2) is 16.7 Å². The van der Waals surface area contributed by atoms with Gasteiger partial charge in [-0.1, -0.05) is 20.8 Å². The van der Waals surface area contributed by atoms with Crippen LogP contribution in [0, 0.1) is 17.2 Å². The Morgan fingerprint density at radius 1 is 1.60 bits per heavy atom. The first-order chi connectivity index (χ1) is 6.97. The van der Waals surface area contributed by atoms with Crippen LogP contribution >= 0.6 is 11.3 Å². The molecule has 1 rings (SSSR count). The molecule has 1 aromatic rings. The van der Waals surface area contributed by atoms with Crippen LogP contribution in [0.15, 0.2) is 5.38 Å². The Kier molecular flexibility index (Phi) is 3.83. The molecule has 0 saturated carbocycles. The lowest BCUT2D eigenvalue weighted by atomic mass is 9.93. The minimum atomic E-state index is -0.330. The van der Waals surface area contributed by atoms with E-state index in [4.69, 9.17) is 10.4 Å². The van der Waals surface area contributed by atoms with Gasteiger partial charge in [0.2, 0.25) is 0 Å². The van der Waals surface area contributed by atoms with Gasteiger partial charge in [0.1, 0.15) is 0 Å². The Labute approximate surface area is 94.4 Å². The number of rotatable bonds is 3.